The van der Waals surface area contributed by atoms with Crippen molar-refractivity contribution in [2.24, 2.45) is 0 Å². The summed E-state index contributed by atoms with van der Waals surface area (Å²) in [5.74, 6) is -0.615. The predicted molar refractivity (Wildman–Crippen MR) is 76.9 cm³/mol. The molecule has 1 amide bonds. The molecule has 0 bridgehead atoms. The minimum absolute atomic E-state index is 0.0702. The van der Waals surface area contributed by atoms with Gasteiger partial charge in [0.2, 0.25) is 11.1 Å². The summed E-state index contributed by atoms with van der Waals surface area (Å²) < 4.78 is 40.3. The molecule has 1 fully saturated rings. The normalized spacial score (nSPS) is 14.7. The molecular weight excluding hydrogens is 331 g/mol. The second-order valence-electron chi connectivity index (χ2n) is 5.02. The van der Waals surface area contributed by atoms with Gasteiger partial charge < -0.3 is 5.32 Å². The molecule has 0 unspecified atom stereocenters. The minimum Gasteiger partial charge on any atom is -0.325 e. The summed E-state index contributed by atoms with van der Waals surface area (Å²) in [5.41, 5.74) is -1.13. The van der Waals surface area contributed by atoms with Crippen molar-refractivity contribution in [2.75, 3.05) is 11.1 Å². The molecule has 2 aromatic rings. The largest absolute Gasteiger partial charge is 0.418 e. The van der Waals surface area contributed by atoms with E-state index in [1.54, 1.807) is 4.68 Å². The Morgan fingerprint density at radius 1 is 1.35 bits per heavy atom. The van der Waals surface area contributed by atoms with Crippen LogP contribution in [0.2, 0.25) is 0 Å². The lowest BCUT2D eigenvalue weighted by Gasteiger charge is -2.13. The van der Waals surface area contributed by atoms with Crippen molar-refractivity contribution in [3.05, 3.63) is 29.8 Å². The average molecular weight is 343 g/mol. The molecule has 0 atom stereocenters. The van der Waals surface area contributed by atoms with E-state index in [0.29, 0.717) is 5.16 Å². The highest BCUT2D eigenvalue weighted by Gasteiger charge is 2.33. The number of alkyl halides is 3. The van der Waals surface area contributed by atoms with Crippen LogP contribution < -0.4 is 5.32 Å². The zero-order valence-corrected chi connectivity index (χ0v) is 12.6. The monoisotopic (exact) mass is 343 g/mol. The number of thioether (sulfide) groups is 1. The molecule has 1 aromatic carbocycles. The number of amides is 1. The Balaban J connectivity index is 1.63. The fraction of sp³-hybridized carbons (Fsp3) is 0.385. The molecule has 0 aliphatic heterocycles. The number of hydrogen-bond donors (Lipinski definition) is 1. The molecule has 3 rings (SSSR count). The molecule has 1 saturated carbocycles. The summed E-state index contributed by atoms with van der Waals surface area (Å²) in [6.07, 6.45) is -2.54. The number of hydrogen-bond acceptors (Lipinski definition) is 5. The molecule has 1 aliphatic carbocycles. The number of carbonyl (C=O) groups is 1. The Kier molecular flexibility index (Phi) is 4.24. The molecule has 0 saturated heterocycles. The van der Waals surface area contributed by atoms with Crippen LogP contribution in [0.5, 0.6) is 0 Å². The number of benzene rings is 1. The Morgan fingerprint density at radius 3 is 2.78 bits per heavy atom. The van der Waals surface area contributed by atoms with Crippen molar-refractivity contribution in [3.63, 3.8) is 0 Å². The van der Waals surface area contributed by atoms with Crippen LogP contribution >= 0.6 is 11.8 Å². The van der Waals surface area contributed by atoms with Gasteiger partial charge in [-0.15, -0.1) is 5.10 Å². The first-order valence-electron chi connectivity index (χ1n) is 6.82. The first-order valence-corrected chi connectivity index (χ1v) is 7.80. The maximum atomic E-state index is 12.9. The van der Waals surface area contributed by atoms with Gasteiger partial charge in [0.15, 0.2) is 0 Å². The lowest BCUT2D eigenvalue weighted by Crippen LogP contribution is -2.18. The van der Waals surface area contributed by atoms with Gasteiger partial charge in [-0.05, 0) is 35.4 Å². The van der Waals surface area contributed by atoms with Crippen LogP contribution in [0.15, 0.2) is 29.4 Å². The van der Waals surface area contributed by atoms with E-state index in [1.807, 2.05) is 0 Å². The van der Waals surface area contributed by atoms with E-state index in [-0.39, 0.29) is 17.5 Å². The van der Waals surface area contributed by atoms with Gasteiger partial charge in [0.1, 0.15) is 0 Å². The Bertz CT molecular complexity index is 714. The third kappa shape index (κ3) is 3.81. The topological polar surface area (TPSA) is 72.7 Å². The van der Waals surface area contributed by atoms with Crippen molar-refractivity contribution in [2.45, 2.75) is 30.2 Å². The number of halogens is 3. The van der Waals surface area contributed by atoms with Gasteiger partial charge in [0, 0.05) is 0 Å². The van der Waals surface area contributed by atoms with Crippen LogP contribution in [0.3, 0.4) is 0 Å². The van der Waals surface area contributed by atoms with E-state index in [4.69, 9.17) is 0 Å². The number of carbonyl (C=O) groups excluding carboxylic acids is 1. The van der Waals surface area contributed by atoms with Crippen LogP contribution in [0.4, 0.5) is 18.9 Å². The predicted octanol–water partition coefficient (Wildman–Crippen LogP) is 2.76. The maximum absolute atomic E-state index is 12.9. The summed E-state index contributed by atoms with van der Waals surface area (Å²) in [4.78, 5) is 11.9. The number of para-hydroxylation sites is 1. The number of nitrogens with zero attached hydrogens (tertiary/aromatic N) is 4. The molecule has 10 heteroatoms. The number of tetrazole rings is 1. The van der Waals surface area contributed by atoms with Crippen molar-refractivity contribution in [1.29, 1.82) is 0 Å². The average Bonchev–Trinajstić information content (AvgIpc) is 3.23. The first-order chi connectivity index (χ1) is 10.9. The molecule has 6 nitrogen and oxygen atoms in total. The standard InChI is InChI=1S/C13H12F3N5OS/c14-13(15,16)9-3-1-2-4-10(9)17-11(22)7-23-12-18-19-20-21(12)8-5-6-8/h1-4,8H,5-7H2,(H,17,22). The molecule has 23 heavy (non-hydrogen) atoms. The van der Waals surface area contributed by atoms with Gasteiger partial charge >= 0.3 is 6.18 Å². The molecule has 1 N–H and O–H groups in total. The summed E-state index contributed by atoms with van der Waals surface area (Å²) in [7, 11) is 0. The Morgan fingerprint density at radius 2 is 2.09 bits per heavy atom. The van der Waals surface area contributed by atoms with E-state index in [1.165, 1.54) is 18.2 Å². The van der Waals surface area contributed by atoms with Crippen LogP contribution in [-0.4, -0.2) is 31.9 Å². The van der Waals surface area contributed by atoms with Crippen LogP contribution in [-0.2, 0) is 11.0 Å². The maximum Gasteiger partial charge on any atom is 0.418 e. The fourth-order valence-corrected chi connectivity index (χ4v) is 2.73. The molecule has 1 aliphatic rings. The van der Waals surface area contributed by atoms with Gasteiger partial charge in [-0.2, -0.15) is 13.2 Å². The highest BCUT2D eigenvalue weighted by molar-refractivity contribution is 7.99. The van der Waals surface area contributed by atoms with E-state index < -0.39 is 17.6 Å². The molecule has 1 aromatic heterocycles. The minimum atomic E-state index is -4.52. The molecule has 0 spiro atoms. The van der Waals surface area contributed by atoms with Crippen LogP contribution in [0, 0.1) is 0 Å². The molecule has 1 heterocycles. The van der Waals surface area contributed by atoms with Gasteiger partial charge in [0.25, 0.3) is 0 Å². The third-order valence-electron chi connectivity index (χ3n) is 3.19. The number of aromatic nitrogens is 4. The van der Waals surface area contributed by atoms with Gasteiger partial charge in [-0.1, -0.05) is 23.9 Å². The van der Waals surface area contributed by atoms with E-state index in [2.05, 4.69) is 20.8 Å². The van der Waals surface area contributed by atoms with Crippen LogP contribution in [0.1, 0.15) is 24.4 Å². The smallest absolute Gasteiger partial charge is 0.325 e. The van der Waals surface area contributed by atoms with Crippen molar-refractivity contribution >= 4 is 23.4 Å². The lowest BCUT2D eigenvalue weighted by atomic mass is 10.1. The molecular formula is C13H12F3N5OS. The first kappa shape index (κ1) is 15.8. The Hall–Kier alpha value is -2.10. The molecule has 0 radical (unpaired) electrons. The number of rotatable bonds is 5. The zero-order chi connectivity index (χ0) is 16.4. The molecule has 122 valence electrons. The van der Waals surface area contributed by atoms with Gasteiger partial charge in [0.05, 0.1) is 23.0 Å². The lowest BCUT2D eigenvalue weighted by molar-refractivity contribution is -0.137. The number of anilines is 1. The van der Waals surface area contributed by atoms with Crippen molar-refractivity contribution in [1.82, 2.24) is 20.2 Å². The van der Waals surface area contributed by atoms with Crippen molar-refractivity contribution in [3.8, 4) is 0 Å². The van der Waals surface area contributed by atoms with Gasteiger partial charge in [-0.3, -0.25) is 4.79 Å². The van der Waals surface area contributed by atoms with E-state index in [9.17, 15) is 18.0 Å². The summed E-state index contributed by atoms with van der Waals surface area (Å²) in [6.45, 7) is 0. The van der Waals surface area contributed by atoms with E-state index in [0.717, 1.165) is 30.7 Å². The highest BCUT2D eigenvalue weighted by atomic mass is 32.2. The second kappa shape index (κ2) is 6.19. The number of nitrogens with one attached hydrogen (secondary N) is 1. The second-order valence-corrected chi connectivity index (χ2v) is 5.96. The zero-order valence-electron chi connectivity index (χ0n) is 11.7. The summed E-state index contributed by atoms with van der Waals surface area (Å²) in [5, 5.41) is 14.0. The summed E-state index contributed by atoms with van der Waals surface area (Å²) >= 11 is 1.10. The summed E-state index contributed by atoms with van der Waals surface area (Å²) in [6, 6.07) is 5.13. The SMILES string of the molecule is O=C(CSc1nnnn1C1CC1)Nc1ccccc1C(F)(F)F. The quantitative estimate of drug-likeness (QED) is 0.845. The third-order valence-corrected chi connectivity index (χ3v) is 4.13. The fourth-order valence-electron chi connectivity index (χ4n) is 1.98. The highest BCUT2D eigenvalue weighted by Crippen LogP contribution is 2.37. The van der Waals surface area contributed by atoms with Gasteiger partial charge in [-0.25, -0.2) is 4.68 Å². The Labute approximate surface area is 133 Å². The van der Waals surface area contributed by atoms with Crippen LogP contribution in [0.25, 0.3) is 0 Å². The van der Waals surface area contributed by atoms with Crippen molar-refractivity contribution < 1.29 is 18.0 Å². The van der Waals surface area contributed by atoms with E-state index >= 15 is 0 Å².